The molecule has 0 fully saturated rings. The van der Waals surface area contributed by atoms with Gasteiger partial charge in [0.15, 0.2) is 16.6 Å². The van der Waals surface area contributed by atoms with Gasteiger partial charge in [-0.1, -0.05) is 23.4 Å². The van der Waals surface area contributed by atoms with Crippen molar-refractivity contribution in [2.45, 2.75) is 12.1 Å². The Bertz CT molecular complexity index is 566. The maximum absolute atomic E-state index is 8.91. The molecule has 6 nitrogen and oxygen atoms in total. The molecule has 0 aliphatic rings. The second-order valence-electron chi connectivity index (χ2n) is 3.75. The summed E-state index contributed by atoms with van der Waals surface area (Å²) in [6.45, 7) is 2.55. The Morgan fingerprint density at radius 2 is 2.39 bits per heavy atom. The number of aromatic nitrogens is 4. The summed E-state index contributed by atoms with van der Waals surface area (Å²) in [5, 5.41) is 12.8. The van der Waals surface area contributed by atoms with Crippen LogP contribution in [0, 0.1) is 0 Å². The van der Waals surface area contributed by atoms with E-state index < -0.39 is 0 Å². The van der Waals surface area contributed by atoms with E-state index in [-0.39, 0.29) is 6.61 Å². The molecule has 0 aromatic carbocycles. The van der Waals surface area contributed by atoms with Crippen LogP contribution in [0.4, 0.5) is 5.82 Å². The number of hydrogen-bond acceptors (Lipinski definition) is 6. The van der Waals surface area contributed by atoms with Crippen LogP contribution >= 0.6 is 11.8 Å². The summed E-state index contributed by atoms with van der Waals surface area (Å²) in [6, 6.07) is 0. The van der Waals surface area contributed by atoms with Crippen molar-refractivity contribution in [2.24, 2.45) is 0 Å². The lowest BCUT2D eigenvalue weighted by Crippen LogP contribution is -2.04. The first kappa shape index (κ1) is 12.8. The molecule has 0 aliphatic heterocycles. The first-order valence-corrected chi connectivity index (χ1v) is 6.72. The van der Waals surface area contributed by atoms with Crippen LogP contribution in [0.5, 0.6) is 0 Å². The molecule has 0 atom stereocenters. The average molecular weight is 265 g/mol. The third-order valence-corrected chi connectivity index (χ3v) is 2.96. The standard InChI is InChI=1S/C11H15N5OS/c1-7(5-17)3-4-12-9-8-10(14-6-13-8)16-11(15-9)18-2/h3,6,17H,4-5H2,1-2H3,(H2,12,13,14,15,16). The van der Waals surface area contributed by atoms with Crippen LogP contribution in [0.3, 0.4) is 0 Å². The van der Waals surface area contributed by atoms with Gasteiger partial charge < -0.3 is 15.4 Å². The summed E-state index contributed by atoms with van der Waals surface area (Å²) < 4.78 is 0. The first-order valence-electron chi connectivity index (χ1n) is 5.50. The number of H-pyrrole nitrogens is 1. The number of aromatic amines is 1. The molecule has 0 saturated carbocycles. The normalized spacial score (nSPS) is 12.1. The van der Waals surface area contributed by atoms with Crippen molar-refractivity contribution in [1.29, 1.82) is 0 Å². The SMILES string of the molecule is CSc1nc(NCC=C(C)CO)c2[nH]cnc2n1. The topological polar surface area (TPSA) is 86.7 Å². The molecule has 0 spiro atoms. The van der Waals surface area contributed by atoms with E-state index in [0.717, 1.165) is 16.9 Å². The number of aliphatic hydroxyl groups is 1. The van der Waals surface area contributed by atoms with Crippen LogP contribution in [0.15, 0.2) is 23.1 Å². The molecule has 18 heavy (non-hydrogen) atoms. The molecule has 0 amide bonds. The molecule has 2 aromatic heterocycles. The molecule has 7 heteroatoms. The second-order valence-corrected chi connectivity index (χ2v) is 4.52. The quantitative estimate of drug-likeness (QED) is 0.430. The minimum Gasteiger partial charge on any atom is -0.392 e. The van der Waals surface area contributed by atoms with E-state index in [2.05, 4.69) is 25.3 Å². The monoisotopic (exact) mass is 265 g/mol. The summed E-state index contributed by atoms with van der Waals surface area (Å²) in [5.41, 5.74) is 2.37. The Kier molecular flexibility index (Phi) is 4.16. The molecule has 0 bridgehead atoms. The summed E-state index contributed by atoms with van der Waals surface area (Å²) in [7, 11) is 0. The number of anilines is 1. The number of thioether (sulfide) groups is 1. The highest BCUT2D eigenvalue weighted by Crippen LogP contribution is 2.20. The zero-order chi connectivity index (χ0) is 13.0. The average Bonchev–Trinajstić information content (AvgIpc) is 2.86. The molecular weight excluding hydrogens is 250 g/mol. The Labute approximate surface area is 109 Å². The van der Waals surface area contributed by atoms with E-state index in [1.165, 1.54) is 11.8 Å². The van der Waals surface area contributed by atoms with Gasteiger partial charge in [0.2, 0.25) is 0 Å². The highest BCUT2D eigenvalue weighted by atomic mass is 32.2. The molecule has 3 N–H and O–H groups in total. The Morgan fingerprint density at radius 1 is 1.56 bits per heavy atom. The molecular formula is C11H15N5OS. The number of nitrogens with one attached hydrogen (secondary N) is 2. The van der Waals surface area contributed by atoms with Gasteiger partial charge in [-0.15, -0.1) is 0 Å². The maximum Gasteiger partial charge on any atom is 0.191 e. The lowest BCUT2D eigenvalue weighted by atomic mass is 10.3. The lowest BCUT2D eigenvalue weighted by Gasteiger charge is -2.05. The minimum absolute atomic E-state index is 0.0704. The van der Waals surface area contributed by atoms with Crippen molar-refractivity contribution in [3.05, 3.63) is 18.0 Å². The third-order valence-electron chi connectivity index (χ3n) is 2.42. The van der Waals surface area contributed by atoms with Crippen LogP contribution in [0.1, 0.15) is 6.92 Å². The van der Waals surface area contributed by atoms with E-state index in [1.54, 1.807) is 6.33 Å². The minimum atomic E-state index is 0.0704. The van der Waals surface area contributed by atoms with Crippen molar-refractivity contribution in [2.75, 3.05) is 24.7 Å². The molecule has 2 heterocycles. The largest absolute Gasteiger partial charge is 0.392 e. The highest BCUT2D eigenvalue weighted by molar-refractivity contribution is 7.98. The Balaban J connectivity index is 2.23. The molecule has 2 rings (SSSR count). The van der Waals surface area contributed by atoms with Crippen molar-refractivity contribution in [3.8, 4) is 0 Å². The molecule has 0 aliphatic carbocycles. The predicted molar refractivity (Wildman–Crippen MR) is 72.8 cm³/mol. The zero-order valence-corrected chi connectivity index (χ0v) is 11.1. The predicted octanol–water partition coefficient (Wildman–Crippen LogP) is 1.43. The van der Waals surface area contributed by atoms with Gasteiger partial charge in [0.05, 0.1) is 12.9 Å². The number of rotatable bonds is 5. The number of imidazole rings is 1. The van der Waals surface area contributed by atoms with E-state index >= 15 is 0 Å². The van der Waals surface area contributed by atoms with E-state index in [9.17, 15) is 0 Å². The fourth-order valence-corrected chi connectivity index (χ4v) is 1.78. The van der Waals surface area contributed by atoms with Crippen LogP contribution < -0.4 is 5.32 Å². The van der Waals surface area contributed by atoms with Gasteiger partial charge in [0, 0.05) is 6.54 Å². The highest BCUT2D eigenvalue weighted by Gasteiger charge is 2.08. The smallest absolute Gasteiger partial charge is 0.191 e. The van der Waals surface area contributed by atoms with Gasteiger partial charge in [0.1, 0.15) is 5.52 Å². The summed E-state index contributed by atoms with van der Waals surface area (Å²) in [5.74, 6) is 0.726. The molecule has 0 radical (unpaired) electrons. The van der Waals surface area contributed by atoms with Gasteiger partial charge in [-0.05, 0) is 13.2 Å². The Hall–Kier alpha value is -1.60. The fraction of sp³-hybridized carbons (Fsp3) is 0.364. The molecule has 2 aromatic rings. The Morgan fingerprint density at radius 3 is 3.11 bits per heavy atom. The van der Waals surface area contributed by atoms with Crippen LogP contribution in [0.2, 0.25) is 0 Å². The summed E-state index contributed by atoms with van der Waals surface area (Å²) in [4.78, 5) is 15.8. The number of fused-ring (bicyclic) bond motifs is 1. The maximum atomic E-state index is 8.91. The summed E-state index contributed by atoms with van der Waals surface area (Å²) >= 11 is 1.47. The van der Waals surface area contributed by atoms with Gasteiger partial charge >= 0.3 is 0 Å². The molecule has 0 saturated heterocycles. The first-order chi connectivity index (χ1) is 8.74. The van der Waals surface area contributed by atoms with E-state index in [4.69, 9.17) is 5.11 Å². The van der Waals surface area contributed by atoms with Gasteiger partial charge in [0.25, 0.3) is 0 Å². The van der Waals surface area contributed by atoms with Gasteiger partial charge in [-0.2, -0.15) is 0 Å². The number of aliphatic hydroxyl groups excluding tert-OH is 1. The van der Waals surface area contributed by atoms with Gasteiger partial charge in [-0.3, -0.25) is 0 Å². The number of nitrogens with zero attached hydrogens (tertiary/aromatic N) is 3. The van der Waals surface area contributed by atoms with E-state index in [0.29, 0.717) is 17.3 Å². The lowest BCUT2D eigenvalue weighted by molar-refractivity contribution is 0.331. The van der Waals surface area contributed by atoms with Gasteiger partial charge in [-0.25, -0.2) is 15.0 Å². The van der Waals surface area contributed by atoms with E-state index in [1.807, 2.05) is 19.3 Å². The molecule has 96 valence electrons. The number of hydrogen-bond donors (Lipinski definition) is 3. The zero-order valence-electron chi connectivity index (χ0n) is 10.3. The van der Waals surface area contributed by atoms with Crippen molar-refractivity contribution < 1.29 is 5.11 Å². The summed E-state index contributed by atoms with van der Waals surface area (Å²) in [6.07, 6.45) is 5.44. The van der Waals surface area contributed by atoms with Crippen LogP contribution in [-0.4, -0.2) is 44.4 Å². The second kappa shape index (κ2) is 5.83. The van der Waals surface area contributed by atoms with Crippen LogP contribution in [0.25, 0.3) is 11.2 Å². The molecule has 0 unspecified atom stereocenters. The van der Waals surface area contributed by atoms with Crippen molar-refractivity contribution in [3.63, 3.8) is 0 Å². The van der Waals surface area contributed by atoms with Crippen molar-refractivity contribution in [1.82, 2.24) is 19.9 Å². The van der Waals surface area contributed by atoms with Crippen molar-refractivity contribution >= 4 is 28.7 Å². The third kappa shape index (κ3) is 2.80. The fourth-order valence-electron chi connectivity index (χ4n) is 1.42. The van der Waals surface area contributed by atoms with Crippen LogP contribution in [-0.2, 0) is 0 Å².